The SMILES string of the molecule is Cc1cccc(C(=O)N2CCCC(c3nn[nH]n3)C2)c1F. The van der Waals surface area contributed by atoms with Crippen molar-refractivity contribution in [3.63, 3.8) is 0 Å². The quantitative estimate of drug-likeness (QED) is 0.912. The van der Waals surface area contributed by atoms with Crippen LogP contribution in [0.15, 0.2) is 18.2 Å². The molecule has 7 heteroatoms. The number of likely N-dealkylation sites (tertiary alicyclic amines) is 1. The predicted molar refractivity (Wildman–Crippen MR) is 73.2 cm³/mol. The number of carbonyl (C=O) groups excluding carboxylic acids is 1. The fraction of sp³-hybridized carbons (Fsp3) is 0.429. The fourth-order valence-corrected chi connectivity index (χ4v) is 2.70. The topological polar surface area (TPSA) is 74.8 Å². The molecular weight excluding hydrogens is 273 g/mol. The number of H-pyrrole nitrogens is 1. The van der Waals surface area contributed by atoms with E-state index in [4.69, 9.17) is 0 Å². The second kappa shape index (κ2) is 5.59. The van der Waals surface area contributed by atoms with Gasteiger partial charge in [0.1, 0.15) is 5.82 Å². The number of carbonyl (C=O) groups is 1. The summed E-state index contributed by atoms with van der Waals surface area (Å²) in [5, 5.41) is 13.9. The van der Waals surface area contributed by atoms with Crippen LogP contribution in [0.2, 0.25) is 0 Å². The molecule has 1 atom stereocenters. The highest BCUT2D eigenvalue weighted by Gasteiger charge is 2.29. The van der Waals surface area contributed by atoms with Crippen molar-refractivity contribution in [2.45, 2.75) is 25.7 Å². The average Bonchev–Trinajstić information content (AvgIpc) is 3.04. The third-order valence-electron chi connectivity index (χ3n) is 3.86. The molecule has 1 aliphatic rings. The van der Waals surface area contributed by atoms with E-state index in [1.807, 2.05) is 0 Å². The van der Waals surface area contributed by atoms with E-state index in [9.17, 15) is 9.18 Å². The Labute approximate surface area is 121 Å². The van der Waals surface area contributed by atoms with Gasteiger partial charge in [-0.1, -0.05) is 17.3 Å². The molecule has 0 radical (unpaired) electrons. The molecule has 1 fully saturated rings. The number of piperidine rings is 1. The number of rotatable bonds is 2. The standard InChI is InChI=1S/C14H16FN5O/c1-9-4-2-6-11(12(9)15)14(21)20-7-3-5-10(8-20)13-16-18-19-17-13/h2,4,6,10H,3,5,7-8H2,1H3,(H,16,17,18,19). The molecule has 1 aromatic heterocycles. The molecule has 1 unspecified atom stereocenters. The maximum Gasteiger partial charge on any atom is 0.256 e. The number of nitrogens with zero attached hydrogens (tertiary/aromatic N) is 4. The Hall–Kier alpha value is -2.31. The number of aryl methyl sites for hydroxylation is 1. The molecule has 1 aromatic carbocycles. The van der Waals surface area contributed by atoms with Gasteiger partial charge in [0.25, 0.3) is 5.91 Å². The molecule has 0 bridgehead atoms. The van der Waals surface area contributed by atoms with E-state index in [0.29, 0.717) is 24.5 Å². The minimum atomic E-state index is -0.441. The van der Waals surface area contributed by atoms with Crippen LogP contribution < -0.4 is 0 Å². The lowest BCUT2D eigenvalue weighted by atomic mass is 9.96. The molecule has 21 heavy (non-hydrogen) atoms. The van der Waals surface area contributed by atoms with Gasteiger partial charge in [0.05, 0.1) is 5.56 Å². The van der Waals surface area contributed by atoms with E-state index >= 15 is 0 Å². The molecule has 2 aromatic rings. The summed E-state index contributed by atoms with van der Waals surface area (Å²) < 4.78 is 14.1. The molecule has 0 saturated carbocycles. The number of aromatic amines is 1. The summed E-state index contributed by atoms with van der Waals surface area (Å²) in [5.74, 6) is -0.0554. The van der Waals surface area contributed by atoms with E-state index in [2.05, 4.69) is 20.6 Å². The molecule has 1 amide bonds. The summed E-state index contributed by atoms with van der Waals surface area (Å²) in [5.41, 5.74) is 0.608. The van der Waals surface area contributed by atoms with Crippen molar-refractivity contribution in [1.29, 1.82) is 0 Å². The Morgan fingerprint density at radius 1 is 1.48 bits per heavy atom. The van der Waals surface area contributed by atoms with Gasteiger partial charge < -0.3 is 4.90 Å². The molecule has 6 nitrogen and oxygen atoms in total. The molecule has 0 aliphatic carbocycles. The minimum absolute atomic E-state index is 0.0503. The van der Waals surface area contributed by atoms with Crippen LogP contribution in [0.5, 0.6) is 0 Å². The van der Waals surface area contributed by atoms with Gasteiger partial charge in [0.15, 0.2) is 5.82 Å². The Morgan fingerprint density at radius 3 is 3.10 bits per heavy atom. The second-order valence-electron chi connectivity index (χ2n) is 5.30. The Bertz CT molecular complexity index is 643. The van der Waals surface area contributed by atoms with Gasteiger partial charge in [-0.05, 0) is 31.4 Å². The second-order valence-corrected chi connectivity index (χ2v) is 5.30. The van der Waals surface area contributed by atoms with Crippen molar-refractivity contribution in [1.82, 2.24) is 25.5 Å². The largest absolute Gasteiger partial charge is 0.338 e. The highest BCUT2D eigenvalue weighted by molar-refractivity contribution is 5.94. The van der Waals surface area contributed by atoms with Gasteiger partial charge in [-0.2, -0.15) is 5.21 Å². The molecule has 1 saturated heterocycles. The lowest BCUT2D eigenvalue weighted by Gasteiger charge is -2.31. The van der Waals surface area contributed by atoms with E-state index in [0.717, 1.165) is 12.8 Å². The van der Waals surface area contributed by atoms with Crippen molar-refractivity contribution >= 4 is 5.91 Å². The lowest BCUT2D eigenvalue weighted by molar-refractivity contribution is 0.0699. The van der Waals surface area contributed by atoms with Gasteiger partial charge in [0.2, 0.25) is 0 Å². The normalized spacial score (nSPS) is 18.8. The number of benzene rings is 1. The summed E-state index contributed by atoms with van der Waals surface area (Å²) in [6.45, 7) is 2.77. The van der Waals surface area contributed by atoms with Crippen LogP contribution >= 0.6 is 0 Å². The number of hydrogen-bond donors (Lipinski definition) is 1. The van der Waals surface area contributed by atoms with Crippen LogP contribution in [0.3, 0.4) is 0 Å². The third-order valence-corrected chi connectivity index (χ3v) is 3.86. The van der Waals surface area contributed by atoms with Crippen LogP contribution in [-0.2, 0) is 0 Å². The number of aromatic nitrogens is 4. The lowest BCUT2D eigenvalue weighted by Crippen LogP contribution is -2.39. The molecule has 1 aliphatic heterocycles. The van der Waals surface area contributed by atoms with Crippen LogP contribution in [0, 0.1) is 12.7 Å². The number of halogens is 1. The third kappa shape index (κ3) is 2.63. The highest BCUT2D eigenvalue weighted by Crippen LogP contribution is 2.25. The number of tetrazole rings is 1. The molecule has 0 spiro atoms. The van der Waals surface area contributed by atoms with Crippen LogP contribution in [0.1, 0.15) is 40.5 Å². The first-order valence-corrected chi connectivity index (χ1v) is 6.94. The van der Waals surface area contributed by atoms with E-state index in [1.165, 1.54) is 6.07 Å². The predicted octanol–water partition coefficient (Wildman–Crippen LogP) is 1.67. The zero-order valence-corrected chi connectivity index (χ0v) is 11.7. The number of amides is 1. The first kappa shape index (κ1) is 13.7. The molecular formula is C14H16FN5O. The zero-order valence-electron chi connectivity index (χ0n) is 11.7. The van der Waals surface area contributed by atoms with E-state index in [-0.39, 0.29) is 17.4 Å². The van der Waals surface area contributed by atoms with Crippen molar-refractivity contribution in [3.05, 3.63) is 41.0 Å². The van der Waals surface area contributed by atoms with Crippen molar-refractivity contribution < 1.29 is 9.18 Å². The Balaban J connectivity index is 1.80. The summed E-state index contributed by atoms with van der Waals surface area (Å²) in [7, 11) is 0. The summed E-state index contributed by atoms with van der Waals surface area (Å²) in [6, 6.07) is 4.89. The summed E-state index contributed by atoms with van der Waals surface area (Å²) in [6.07, 6.45) is 1.75. The minimum Gasteiger partial charge on any atom is -0.338 e. The van der Waals surface area contributed by atoms with Crippen molar-refractivity contribution in [2.75, 3.05) is 13.1 Å². The Kier molecular flexibility index (Phi) is 3.64. The van der Waals surface area contributed by atoms with Gasteiger partial charge in [-0.3, -0.25) is 4.79 Å². The van der Waals surface area contributed by atoms with Crippen LogP contribution in [-0.4, -0.2) is 44.5 Å². The van der Waals surface area contributed by atoms with E-state index in [1.54, 1.807) is 24.0 Å². The molecule has 2 heterocycles. The highest BCUT2D eigenvalue weighted by atomic mass is 19.1. The van der Waals surface area contributed by atoms with Gasteiger partial charge >= 0.3 is 0 Å². The Morgan fingerprint density at radius 2 is 2.33 bits per heavy atom. The molecule has 3 rings (SSSR count). The average molecular weight is 289 g/mol. The fourth-order valence-electron chi connectivity index (χ4n) is 2.70. The maximum absolute atomic E-state index is 14.1. The van der Waals surface area contributed by atoms with Crippen molar-refractivity contribution in [3.8, 4) is 0 Å². The summed E-state index contributed by atoms with van der Waals surface area (Å²) in [4.78, 5) is 14.2. The van der Waals surface area contributed by atoms with E-state index < -0.39 is 5.82 Å². The monoisotopic (exact) mass is 289 g/mol. The van der Waals surface area contributed by atoms with Gasteiger partial charge in [-0.15, -0.1) is 10.2 Å². The van der Waals surface area contributed by atoms with Crippen LogP contribution in [0.25, 0.3) is 0 Å². The number of hydrogen-bond acceptors (Lipinski definition) is 4. The smallest absolute Gasteiger partial charge is 0.256 e. The first-order chi connectivity index (χ1) is 10.2. The van der Waals surface area contributed by atoms with Crippen LogP contribution in [0.4, 0.5) is 4.39 Å². The summed E-state index contributed by atoms with van der Waals surface area (Å²) >= 11 is 0. The zero-order chi connectivity index (χ0) is 14.8. The molecule has 110 valence electrons. The van der Waals surface area contributed by atoms with Gasteiger partial charge in [0, 0.05) is 19.0 Å². The first-order valence-electron chi connectivity index (χ1n) is 6.94. The molecule has 1 N–H and O–H groups in total. The van der Waals surface area contributed by atoms with Gasteiger partial charge in [-0.25, -0.2) is 4.39 Å². The van der Waals surface area contributed by atoms with Crippen molar-refractivity contribution in [2.24, 2.45) is 0 Å². The maximum atomic E-state index is 14.1. The number of nitrogens with one attached hydrogen (secondary N) is 1.